The van der Waals surface area contributed by atoms with Crippen LogP contribution in [0.4, 0.5) is 0 Å². The van der Waals surface area contributed by atoms with Crippen molar-refractivity contribution in [2.24, 2.45) is 40.7 Å². The van der Waals surface area contributed by atoms with Crippen LogP contribution in [0.3, 0.4) is 0 Å². The fraction of sp³-hybridized carbons (Fsp3) is 0.742. The van der Waals surface area contributed by atoms with Crippen molar-refractivity contribution in [3.8, 4) is 11.5 Å². The van der Waals surface area contributed by atoms with E-state index in [4.69, 9.17) is 19.9 Å². The van der Waals surface area contributed by atoms with Gasteiger partial charge in [-0.3, -0.25) is 9.59 Å². The van der Waals surface area contributed by atoms with Gasteiger partial charge in [-0.2, -0.15) is 0 Å². The van der Waals surface area contributed by atoms with Crippen molar-refractivity contribution in [2.45, 2.75) is 80.3 Å². The Morgan fingerprint density at radius 1 is 1.00 bits per heavy atom. The van der Waals surface area contributed by atoms with Gasteiger partial charge in [-0.25, -0.2) is 0 Å². The van der Waals surface area contributed by atoms with Crippen LogP contribution >= 0.6 is 0 Å². The van der Waals surface area contributed by atoms with Crippen LogP contribution in [0.15, 0.2) is 18.2 Å². The molecule has 0 aliphatic heterocycles. The molecule has 0 saturated heterocycles. The summed E-state index contributed by atoms with van der Waals surface area (Å²) < 4.78 is 16.6. The molecule has 8 heteroatoms. The second-order valence-corrected chi connectivity index (χ2v) is 12.2. The van der Waals surface area contributed by atoms with Crippen LogP contribution in [0, 0.1) is 35.0 Å². The highest BCUT2D eigenvalue weighted by Gasteiger charge is 2.31. The molecular weight excluding hydrogens is 496 g/mol. The number of carbonyl (C=O) groups excluding carboxylic acids is 2. The third kappa shape index (κ3) is 11.8. The molecule has 1 aromatic rings. The number of nitrogens with two attached hydrogens (primary N) is 1. The summed E-state index contributed by atoms with van der Waals surface area (Å²) in [5.41, 5.74) is 5.78. The van der Waals surface area contributed by atoms with Gasteiger partial charge >= 0.3 is 0 Å². The van der Waals surface area contributed by atoms with E-state index in [9.17, 15) is 14.7 Å². The molecule has 4 atom stereocenters. The average Bonchev–Trinajstić information content (AvgIpc) is 2.87. The summed E-state index contributed by atoms with van der Waals surface area (Å²) in [4.78, 5) is 24.6. The monoisotopic (exact) mass is 550 g/mol. The summed E-state index contributed by atoms with van der Waals surface area (Å²) in [5.74, 6) is 1.28. The Hall–Kier alpha value is -2.32. The van der Waals surface area contributed by atoms with Gasteiger partial charge in [0.15, 0.2) is 11.5 Å². The van der Waals surface area contributed by atoms with Crippen molar-refractivity contribution in [3.63, 3.8) is 0 Å². The highest BCUT2D eigenvalue weighted by Crippen LogP contribution is 2.33. The van der Waals surface area contributed by atoms with E-state index < -0.39 is 17.4 Å². The number of methoxy groups -OCH3 is 2. The molecule has 2 amide bonds. The zero-order chi connectivity index (χ0) is 29.8. The quantitative estimate of drug-likeness (QED) is 0.217. The number of benzene rings is 1. The first kappa shape index (κ1) is 34.7. The largest absolute Gasteiger partial charge is 0.493 e. The van der Waals surface area contributed by atoms with E-state index in [1.165, 1.54) is 0 Å². The number of hydrogen-bond acceptors (Lipinski definition) is 6. The highest BCUT2D eigenvalue weighted by molar-refractivity contribution is 5.83. The molecule has 4 N–H and O–H groups in total. The summed E-state index contributed by atoms with van der Waals surface area (Å²) in [5, 5.41) is 14.0. The maximum absolute atomic E-state index is 13.0. The first-order valence-electron chi connectivity index (χ1n) is 14.3. The van der Waals surface area contributed by atoms with Crippen molar-refractivity contribution in [2.75, 3.05) is 34.0 Å². The van der Waals surface area contributed by atoms with Crippen molar-refractivity contribution in [3.05, 3.63) is 23.8 Å². The molecule has 0 radical (unpaired) electrons. The predicted octanol–water partition coefficient (Wildman–Crippen LogP) is 4.60. The van der Waals surface area contributed by atoms with Crippen molar-refractivity contribution < 1.29 is 28.9 Å². The van der Waals surface area contributed by atoms with Gasteiger partial charge in [0.25, 0.3) is 0 Å². The molecular formula is C31H54N2O6. The maximum atomic E-state index is 13.0. The Labute approximate surface area is 236 Å². The molecule has 0 saturated carbocycles. The number of aliphatic hydroxyl groups is 1. The van der Waals surface area contributed by atoms with Gasteiger partial charge in [-0.15, -0.1) is 0 Å². The third-order valence-corrected chi connectivity index (χ3v) is 7.76. The Bertz CT molecular complexity index is 886. The normalized spacial score (nSPS) is 15.1. The Morgan fingerprint density at radius 3 is 2.21 bits per heavy atom. The molecule has 0 fully saturated rings. The lowest BCUT2D eigenvalue weighted by atomic mass is 9.78. The Balaban J connectivity index is 2.87. The number of rotatable bonds is 19. The number of aliphatic hydroxyl groups excluding tert-OH is 1. The van der Waals surface area contributed by atoms with Gasteiger partial charge in [-0.1, -0.05) is 40.7 Å². The minimum absolute atomic E-state index is 0.0107. The summed E-state index contributed by atoms with van der Waals surface area (Å²) in [6, 6.07) is 6.07. The summed E-state index contributed by atoms with van der Waals surface area (Å²) in [6.45, 7) is 15.2. The minimum Gasteiger partial charge on any atom is -0.493 e. The molecule has 1 aromatic carbocycles. The average molecular weight is 551 g/mol. The number of primary amides is 1. The SMILES string of the molecule is COCCCOc1cc(CC(CC(C)C(O)CC(C(=O)NCC(C)(C)C(N)=O)C(C)C)C(C)C)ccc1OC. The molecule has 0 aliphatic carbocycles. The molecule has 224 valence electrons. The Kier molecular flexibility index (Phi) is 14.9. The first-order valence-corrected chi connectivity index (χ1v) is 14.3. The fourth-order valence-electron chi connectivity index (χ4n) is 4.58. The second kappa shape index (κ2) is 16.7. The van der Waals surface area contributed by atoms with Crippen molar-refractivity contribution in [1.29, 1.82) is 0 Å². The van der Waals surface area contributed by atoms with Crippen LogP contribution in [0.25, 0.3) is 0 Å². The van der Waals surface area contributed by atoms with E-state index in [1.807, 2.05) is 19.9 Å². The Morgan fingerprint density at radius 2 is 1.67 bits per heavy atom. The van der Waals surface area contributed by atoms with Gasteiger partial charge in [0.2, 0.25) is 11.8 Å². The topological polar surface area (TPSA) is 120 Å². The number of nitrogens with one attached hydrogen (secondary N) is 1. The molecule has 8 nitrogen and oxygen atoms in total. The van der Waals surface area contributed by atoms with Crippen molar-refractivity contribution >= 4 is 11.8 Å². The molecule has 39 heavy (non-hydrogen) atoms. The van der Waals surface area contributed by atoms with E-state index >= 15 is 0 Å². The maximum Gasteiger partial charge on any atom is 0.224 e. The molecule has 0 heterocycles. The van der Waals surface area contributed by atoms with Gasteiger partial charge in [0, 0.05) is 32.6 Å². The van der Waals surface area contributed by atoms with Gasteiger partial charge < -0.3 is 30.4 Å². The van der Waals surface area contributed by atoms with Crippen LogP contribution in [0.1, 0.15) is 73.3 Å². The molecule has 0 bridgehead atoms. The van der Waals surface area contributed by atoms with Crippen LogP contribution in [0.2, 0.25) is 0 Å². The lowest BCUT2D eigenvalue weighted by molar-refractivity contribution is -0.130. The molecule has 4 unspecified atom stereocenters. The smallest absolute Gasteiger partial charge is 0.224 e. The number of amides is 2. The van der Waals surface area contributed by atoms with E-state index in [0.717, 1.165) is 30.6 Å². The van der Waals surface area contributed by atoms with Crippen LogP contribution in [0.5, 0.6) is 11.5 Å². The molecule has 1 rings (SSSR count). The molecule has 0 spiro atoms. The van der Waals surface area contributed by atoms with E-state index in [2.05, 4.69) is 38.2 Å². The lowest BCUT2D eigenvalue weighted by Crippen LogP contribution is -2.45. The molecule has 0 aromatic heterocycles. The minimum atomic E-state index is -0.829. The van der Waals surface area contributed by atoms with Gasteiger partial charge in [-0.05, 0) is 74.5 Å². The number of hydrogen-bond donors (Lipinski definition) is 3. The van der Waals surface area contributed by atoms with E-state index in [1.54, 1.807) is 28.1 Å². The third-order valence-electron chi connectivity index (χ3n) is 7.76. The predicted molar refractivity (Wildman–Crippen MR) is 156 cm³/mol. The lowest BCUT2D eigenvalue weighted by Gasteiger charge is -2.31. The summed E-state index contributed by atoms with van der Waals surface area (Å²) in [6.07, 6.45) is 2.23. The van der Waals surface area contributed by atoms with Crippen LogP contribution in [-0.4, -0.2) is 57.0 Å². The fourth-order valence-corrected chi connectivity index (χ4v) is 4.58. The zero-order valence-electron chi connectivity index (χ0n) is 25.7. The van der Waals surface area contributed by atoms with Crippen LogP contribution < -0.4 is 20.5 Å². The molecule has 0 aliphatic rings. The van der Waals surface area contributed by atoms with E-state index in [-0.39, 0.29) is 30.2 Å². The highest BCUT2D eigenvalue weighted by atomic mass is 16.5. The summed E-state index contributed by atoms with van der Waals surface area (Å²) >= 11 is 0. The van der Waals surface area contributed by atoms with Gasteiger partial charge in [0.05, 0.1) is 25.2 Å². The first-order chi connectivity index (χ1) is 18.2. The second-order valence-electron chi connectivity index (χ2n) is 12.2. The summed E-state index contributed by atoms with van der Waals surface area (Å²) in [7, 11) is 3.32. The number of ether oxygens (including phenoxy) is 3. The van der Waals surface area contributed by atoms with Crippen LogP contribution in [-0.2, 0) is 20.7 Å². The van der Waals surface area contributed by atoms with Crippen molar-refractivity contribution in [1.82, 2.24) is 5.32 Å². The zero-order valence-corrected chi connectivity index (χ0v) is 25.7. The van der Waals surface area contributed by atoms with Gasteiger partial charge in [0.1, 0.15) is 0 Å². The standard InChI is InChI=1S/C31H54N2O6/c1-20(2)24(16-23-11-12-27(38-9)28(17-23)39-14-10-13-37-8)15-22(5)26(34)18-25(21(3)4)29(35)33-19-31(6,7)30(32)36/h11-12,17,20-22,24-26,34H,10,13-16,18-19H2,1-9H3,(H2,32,36)(H,33,35). The number of carbonyl (C=O) groups is 2. The van der Waals surface area contributed by atoms with E-state index in [0.29, 0.717) is 37.2 Å².